The Labute approximate surface area is 179 Å². The maximum Gasteiger partial charge on any atom is 0.191 e. The highest BCUT2D eigenvalue weighted by Gasteiger charge is 2.22. The van der Waals surface area contributed by atoms with Gasteiger partial charge in [0.2, 0.25) is 0 Å². The maximum absolute atomic E-state index is 13.9. The first kappa shape index (κ1) is 22.8. The molecule has 0 amide bonds. The number of benzene rings is 1. The summed E-state index contributed by atoms with van der Waals surface area (Å²) in [5, 5.41) is 6.81. The van der Waals surface area contributed by atoms with Crippen LogP contribution in [0.25, 0.3) is 0 Å². The summed E-state index contributed by atoms with van der Waals surface area (Å²) in [7, 11) is 1.77. The molecule has 0 aliphatic carbocycles. The largest absolute Gasteiger partial charge is 0.467 e. The number of rotatable bonds is 8. The predicted molar refractivity (Wildman–Crippen MR) is 115 cm³/mol. The summed E-state index contributed by atoms with van der Waals surface area (Å²) < 4.78 is 30.3. The van der Waals surface area contributed by atoms with Crippen molar-refractivity contribution in [3.8, 4) is 5.75 Å². The van der Waals surface area contributed by atoms with Crippen molar-refractivity contribution in [3.05, 3.63) is 29.1 Å². The molecular weight excluding hydrogens is 387 g/mol. The van der Waals surface area contributed by atoms with E-state index < -0.39 is 0 Å². The molecule has 1 saturated heterocycles. The Balaban J connectivity index is 1.51. The second-order valence-electron chi connectivity index (χ2n) is 8.23. The Bertz CT molecular complexity index is 708. The predicted octanol–water partition coefficient (Wildman–Crippen LogP) is 2.15. The van der Waals surface area contributed by atoms with Gasteiger partial charge in [0, 0.05) is 44.8 Å². The van der Waals surface area contributed by atoms with Gasteiger partial charge in [-0.05, 0) is 36.5 Å². The van der Waals surface area contributed by atoms with E-state index in [0.29, 0.717) is 31.5 Å². The molecule has 3 rings (SSSR count). The Morgan fingerprint density at radius 1 is 1.20 bits per heavy atom. The highest BCUT2D eigenvalue weighted by atomic mass is 19.1. The molecule has 2 N–H and O–H groups in total. The molecular formula is C22H35FN4O3. The number of ether oxygens (including phenoxy) is 3. The van der Waals surface area contributed by atoms with Crippen LogP contribution < -0.4 is 15.4 Å². The number of hydrogen-bond acceptors (Lipinski definition) is 5. The first-order chi connectivity index (χ1) is 14.6. The third kappa shape index (κ3) is 6.55. The molecule has 0 saturated carbocycles. The van der Waals surface area contributed by atoms with E-state index in [-0.39, 0.29) is 12.6 Å². The number of fused-ring (bicyclic) bond motifs is 1. The highest BCUT2D eigenvalue weighted by Crippen LogP contribution is 2.29. The standard InChI is InChI=1S/C22H35FN4O3/c1-16(2)10-20(27-6-8-28-9-7-27)13-26-22(24-3)25-5-4-17-11-19(23)12-18-14-29-15-30-21(17)18/h11-12,16,20H,4-10,13-15H2,1-3H3,(H2,24,25,26). The molecule has 8 heteroatoms. The first-order valence-corrected chi connectivity index (χ1v) is 10.8. The second-order valence-corrected chi connectivity index (χ2v) is 8.23. The van der Waals surface area contributed by atoms with Gasteiger partial charge in [-0.1, -0.05) is 13.8 Å². The lowest BCUT2D eigenvalue weighted by molar-refractivity contribution is -0.0172. The molecule has 0 bridgehead atoms. The number of halogens is 1. The van der Waals surface area contributed by atoms with Crippen LogP contribution in [-0.2, 0) is 22.5 Å². The summed E-state index contributed by atoms with van der Waals surface area (Å²) in [5.41, 5.74) is 1.61. The number of morpholine rings is 1. The van der Waals surface area contributed by atoms with Crippen LogP contribution in [0, 0.1) is 11.7 Å². The topological polar surface area (TPSA) is 67.4 Å². The number of nitrogens with one attached hydrogen (secondary N) is 2. The molecule has 2 heterocycles. The minimum Gasteiger partial charge on any atom is -0.467 e. The lowest BCUT2D eigenvalue weighted by Crippen LogP contribution is -2.51. The normalized spacial score (nSPS) is 18.6. The monoisotopic (exact) mass is 422 g/mol. The second kappa shape index (κ2) is 11.5. The average Bonchev–Trinajstić information content (AvgIpc) is 2.75. The van der Waals surface area contributed by atoms with Crippen molar-refractivity contribution in [1.82, 2.24) is 15.5 Å². The Morgan fingerprint density at radius 2 is 2.00 bits per heavy atom. The van der Waals surface area contributed by atoms with E-state index in [1.165, 1.54) is 6.07 Å². The fraction of sp³-hybridized carbons (Fsp3) is 0.682. The lowest BCUT2D eigenvalue weighted by atomic mass is 10.0. The molecule has 1 atom stereocenters. The summed E-state index contributed by atoms with van der Waals surface area (Å²) >= 11 is 0. The first-order valence-electron chi connectivity index (χ1n) is 10.8. The SMILES string of the molecule is CN=C(NCCc1cc(F)cc2c1OCOC2)NCC(CC(C)C)N1CCOCC1. The van der Waals surface area contributed by atoms with Gasteiger partial charge in [0.1, 0.15) is 11.6 Å². The molecule has 1 unspecified atom stereocenters. The number of guanidine groups is 1. The van der Waals surface area contributed by atoms with Gasteiger partial charge < -0.3 is 24.8 Å². The van der Waals surface area contributed by atoms with Gasteiger partial charge >= 0.3 is 0 Å². The fourth-order valence-corrected chi connectivity index (χ4v) is 4.04. The molecule has 168 valence electrons. The zero-order valence-electron chi connectivity index (χ0n) is 18.4. The van der Waals surface area contributed by atoms with Gasteiger partial charge in [-0.15, -0.1) is 0 Å². The van der Waals surface area contributed by atoms with Crippen molar-refractivity contribution < 1.29 is 18.6 Å². The summed E-state index contributed by atoms with van der Waals surface area (Å²) in [4.78, 5) is 6.85. The van der Waals surface area contributed by atoms with Gasteiger partial charge in [0.25, 0.3) is 0 Å². The van der Waals surface area contributed by atoms with Crippen molar-refractivity contribution in [2.24, 2.45) is 10.9 Å². The molecule has 7 nitrogen and oxygen atoms in total. The van der Waals surface area contributed by atoms with Crippen LogP contribution in [0.1, 0.15) is 31.4 Å². The zero-order chi connectivity index (χ0) is 21.3. The van der Waals surface area contributed by atoms with E-state index in [0.717, 1.165) is 62.1 Å². The highest BCUT2D eigenvalue weighted by molar-refractivity contribution is 5.79. The molecule has 1 aromatic carbocycles. The van der Waals surface area contributed by atoms with Crippen LogP contribution in [-0.4, -0.2) is 70.1 Å². The van der Waals surface area contributed by atoms with Gasteiger partial charge in [0.15, 0.2) is 12.8 Å². The van der Waals surface area contributed by atoms with Gasteiger partial charge in [-0.3, -0.25) is 9.89 Å². The van der Waals surface area contributed by atoms with E-state index in [1.54, 1.807) is 13.1 Å². The number of aliphatic imine (C=N–C) groups is 1. The van der Waals surface area contributed by atoms with Crippen LogP contribution in [0.4, 0.5) is 4.39 Å². The summed E-state index contributed by atoms with van der Waals surface area (Å²) in [6, 6.07) is 3.46. The number of hydrogen-bond donors (Lipinski definition) is 2. The Morgan fingerprint density at radius 3 is 2.73 bits per heavy atom. The van der Waals surface area contributed by atoms with Crippen LogP contribution in [0.5, 0.6) is 5.75 Å². The van der Waals surface area contributed by atoms with E-state index in [4.69, 9.17) is 14.2 Å². The minimum absolute atomic E-state index is 0.209. The zero-order valence-corrected chi connectivity index (χ0v) is 18.4. The minimum atomic E-state index is -0.262. The van der Waals surface area contributed by atoms with Crippen LogP contribution in [0.3, 0.4) is 0 Å². The van der Waals surface area contributed by atoms with Crippen molar-refractivity contribution in [3.63, 3.8) is 0 Å². The Hall–Kier alpha value is -1.90. The van der Waals surface area contributed by atoms with Crippen LogP contribution in [0.15, 0.2) is 17.1 Å². The smallest absolute Gasteiger partial charge is 0.191 e. The molecule has 2 aliphatic heterocycles. The third-order valence-electron chi connectivity index (χ3n) is 5.47. The van der Waals surface area contributed by atoms with Crippen molar-refractivity contribution >= 4 is 5.96 Å². The number of nitrogens with zero attached hydrogens (tertiary/aromatic N) is 2. The van der Waals surface area contributed by atoms with Crippen molar-refractivity contribution in [2.75, 3.05) is 53.2 Å². The molecule has 30 heavy (non-hydrogen) atoms. The molecule has 0 radical (unpaired) electrons. The molecule has 0 aromatic heterocycles. The quantitative estimate of drug-likeness (QED) is 0.494. The summed E-state index contributed by atoms with van der Waals surface area (Å²) in [5.74, 6) is 1.86. The van der Waals surface area contributed by atoms with E-state index in [2.05, 4.69) is 34.4 Å². The third-order valence-corrected chi connectivity index (χ3v) is 5.47. The lowest BCUT2D eigenvalue weighted by Gasteiger charge is -2.35. The molecule has 1 fully saturated rings. The maximum atomic E-state index is 13.9. The van der Waals surface area contributed by atoms with Gasteiger partial charge in [-0.2, -0.15) is 0 Å². The van der Waals surface area contributed by atoms with Gasteiger partial charge in [0.05, 0.1) is 19.8 Å². The molecule has 2 aliphatic rings. The van der Waals surface area contributed by atoms with Crippen molar-refractivity contribution in [1.29, 1.82) is 0 Å². The fourth-order valence-electron chi connectivity index (χ4n) is 4.04. The average molecular weight is 423 g/mol. The van der Waals surface area contributed by atoms with Crippen LogP contribution in [0.2, 0.25) is 0 Å². The van der Waals surface area contributed by atoms with Gasteiger partial charge in [-0.25, -0.2) is 4.39 Å². The van der Waals surface area contributed by atoms with E-state index in [1.807, 2.05) is 0 Å². The Kier molecular flexibility index (Phi) is 8.72. The molecule has 0 spiro atoms. The summed E-state index contributed by atoms with van der Waals surface area (Å²) in [6.45, 7) is 10.1. The van der Waals surface area contributed by atoms with E-state index in [9.17, 15) is 4.39 Å². The summed E-state index contributed by atoms with van der Waals surface area (Å²) in [6.07, 6.45) is 1.76. The van der Waals surface area contributed by atoms with Crippen molar-refractivity contribution in [2.45, 2.75) is 39.3 Å². The van der Waals surface area contributed by atoms with E-state index >= 15 is 0 Å². The van der Waals surface area contributed by atoms with Crippen LogP contribution >= 0.6 is 0 Å². The molecule has 1 aromatic rings.